The molecule has 0 unspecified atom stereocenters. The maximum atomic E-state index is 12.6. The van der Waals surface area contributed by atoms with Crippen LogP contribution >= 0.6 is 0 Å². The highest BCUT2D eigenvalue weighted by Gasteiger charge is 2.15. The lowest BCUT2D eigenvalue weighted by molar-refractivity contribution is -0.117. The van der Waals surface area contributed by atoms with Crippen molar-refractivity contribution in [3.8, 4) is 0 Å². The Balaban J connectivity index is 1.31. The summed E-state index contributed by atoms with van der Waals surface area (Å²) < 4.78 is 16.3. The summed E-state index contributed by atoms with van der Waals surface area (Å²) in [6.07, 6.45) is 3.28. The minimum atomic E-state index is -0.0750. The van der Waals surface area contributed by atoms with Crippen molar-refractivity contribution in [3.05, 3.63) is 78.1 Å². The zero-order valence-corrected chi connectivity index (χ0v) is 17.0. The molecule has 3 aromatic rings. The van der Waals surface area contributed by atoms with Crippen molar-refractivity contribution < 1.29 is 18.4 Å². The van der Waals surface area contributed by atoms with Gasteiger partial charge in [0, 0.05) is 25.3 Å². The molecule has 2 aromatic heterocycles. The third-order valence-electron chi connectivity index (χ3n) is 5.03. The minimum Gasteiger partial charge on any atom is -0.468 e. The van der Waals surface area contributed by atoms with Crippen LogP contribution in [0.1, 0.15) is 17.1 Å². The van der Waals surface area contributed by atoms with Crippen LogP contribution in [0.15, 0.2) is 69.9 Å². The second-order valence-corrected chi connectivity index (χ2v) is 7.44. The molecule has 0 saturated carbocycles. The van der Waals surface area contributed by atoms with E-state index in [0.29, 0.717) is 13.1 Å². The molecule has 30 heavy (non-hydrogen) atoms. The maximum absolute atomic E-state index is 12.6. The average molecular weight is 409 g/mol. The SMILES string of the molecule is O=C(CN(Cc1ccco1)Cc1ccco1)Nc1ccc(CN2CCOCC2)cc1. The van der Waals surface area contributed by atoms with Crippen LogP contribution in [0, 0.1) is 0 Å². The number of nitrogens with one attached hydrogen (secondary N) is 1. The molecule has 158 valence electrons. The van der Waals surface area contributed by atoms with Gasteiger partial charge >= 0.3 is 0 Å². The number of hydrogen-bond acceptors (Lipinski definition) is 6. The highest BCUT2D eigenvalue weighted by atomic mass is 16.5. The van der Waals surface area contributed by atoms with Gasteiger partial charge in [0.05, 0.1) is 45.4 Å². The van der Waals surface area contributed by atoms with Gasteiger partial charge < -0.3 is 18.9 Å². The Morgan fingerprint density at radius 2 is 1.57 bits per heavy atom. The molecule has 1 N–H and O–H groups in total. The maximum Gasteiger partial charge on any atom is 0.238 e. The lowest BCUT2D eigenvalue weighted by atomic mass is 10.2. The number of furan rings is 2. The lowest BCUT2D eigenvalue weighted by Crippen LogP contribution is -2.35. The van der Waals surface area contributed by atoms with E-state index in [-0.39, 0.29) is 12.5 Å². The Bertz CT molecular complexity index is 849. The summed E-state index contributed by atoms with van der Waals surface area (Å²) >= 11 is 0. The van der Waals surface area contributed by atoms with E-state index in [9.17, 15) is 4.79 Å². The van der Waals surface area contributed by atoms with E-state index in [4.69, 9.17) is 13.6 Å². The molecule has 7 heteroatoms. The fourth-order valence-electron chi connectivity index (χ4n) is 3.53. The van der Waals surface area contributed by atoms with E-state index in [0.717, 1.165) is 50.1 Å². The molecular formula is C23H27N3O4. The number of morpholine rings is 1. The average Bonchev–Trinajstić information content (AvgIpc) is 3.45. The molecule has 1 saturated heterocycles. The second-order valence-electron chi connectivity index (χ2n) is 7.44. The van der Waals surface area contributed by atoms with Gasteiger partial charge in [-0.3, -0.25) is 14.6 Å². The van der Waals surface area contributed by atoms with E-state index in [1.54, 1.807) is 12.5 Å². The summed E-state index contributed by atoms with van der Waals surface area (Å²) in [7, 11) is 0. The van der Waals surface area contributed by atoms with E-state index in [2.05, 4.69) is 22.3 Å². The van der Waals surface area contributed by atoms with E-state index in [1.807, 2.05) is 41.3 Å². The third kappa shape index (κ3) is 6.06. The van der Waals surface area contributed by atoms with Crippen molar-refractivity contribution in [2.24, 2.45) is 0 Å². The highest BCUT2D eigenvalue weighted by molar-refractivity contribution is 5.92. The first-order valence-electron chi connectivity index (χ1n) is 10.2. The quantitative estimate of drug-likeness (QED) is 0.584. The van der Waals surface area contributed by atoms with Gasteiger partial charge in [0.1, 0.15) is 11.5 Å². The molecule has 1 aromatic carbocycles. The van der Waals surface area contributed by atoms with Gasteiger partial charge in [-0.25, -0.2) is 0 Å². The summed E-state index contributed by atoms with van der Waals surface area (Å²) in [6, 6.07) is 15.5. The largest absolute Gasteiger partial charge is 0.468 e. The van der Waals surface area contributed by atoms with Crippen LogP contribution in [0.2, 0.25) is 0 Å². The number of nitrogens with zero attached hydrogens (tertiary/aromatic N) is 2. The molecule has 0 radical (unpaired) electrons. The fraction of sp³-hybridized carbons (Fsp3) is 0.348. The summed E-state index contributed by atoms with van der Waals surface area (Å²) in [5.74, 6) is 1.54. The zero-order valence-electron chi connectivity index (χ0n) is 17.0. The van der Waals surface area contributed by atoms with Gasteiger partial charge in [0.25, 0.3) is 0 Å². The number of anilines is 1. The Morgan fingerprint density at radius 1 is 0.933 bits per heavy atom. The molecule has 1 aliphatic rings. The van der Waals surface area contributed by atoms with Crippen molar-refractivity contribution in [3.63, 3.8) is 0 Å². The van der Waals surface area contributed by atoms with Gasteiger partial charge in [-0.2, -0.15) is 0 Å². The lowest BCUT2D eigenvalue weighted by Gasteiger charge is -2.26. The highest BCUT2D eigenvalue weighted by Crippen LogP contribution is 2.14. The van der Waals surface area contributed by atoms with Crippen LogP contribution in [-0.2, 0) is 29.2 Å². The summed E-state index contributed by atoms with van der Waals surface area (Å²) in [4.78, 5) is 17.0. The minimum absolute atomic E-state index is 0.0750. The van der Waals surface area contributed by atoms with Crippen molar-refractivity contribution in [1.29, 1.82) is 0 Å². The molecule has 0 atom stereocenters. The first-order valence-corrected chi connectivity index (χ1v) is 10.2. The predicted molar refractivity (Wildman–Crippen MR) is 113 cm³/mol. The van der Waals surface area contributed by atoms with Crippen LogP contribution in [0.5, 0.6) is 0 Å². The Labute approximate surface area is 176 Å². The van der Waals surface area contributed by atoms with E-state index >= 15 is 0 Å². The fourth-order valence-corrected chi connectivity index (χ4v) is 3.53. The number of carbonyl (C=O) groups is 1. The number of hydrogen-bond donors (Lipinski definition) is 1. The van der Waals surface area contributed by atoms with Gasteiger partial charge in [-0.1, -0.05) is 12.1 Å². The molecule has 1 aliphatic heterocycles. The normalized spacial score (nSPS) is 14.8. The molecule has 0 bridgehead atoms. The Morgan fingerprint density at radius 3 is 2.13 bits per heavy atom. The second kappa shape index (κ2) is 10.2. The number of rotatable bonds is 9. The molecule has 7 nitrogen and oxygen atoms in total. The van der Waals surface area contributed by atoms with Crippen molar-refractivity contribution in [2.45, 2.75) is 19.6 Å². The van der Waals surface area contributed by atoms with Crippen molar-refractivity contribution >= 4 is 11.6 Å². The van der Waals surface area contributed by atoms with Crippen LogP contribution < -0.4 is 5.32 Å². The van der Waals surface area contributed by atoms with Gasteiger partial charge in [0.15, 0.2) is 0 Å². The Hall–Kier alpha value is -2.87. The first-order chi connectivity index (χ1) is 14.7. The van der Waals surface area contributed by atoms with Crippen molar-refractivity contribution in [2.75, 3.05) is 38.2 Å². The Kier molecular flexibility index (Phi) is 6.97. The molecule has 0 spiro atoms. The molecule has 1 amide bonds. The molecular weight excluding hydrogens is 382 g/mol. The predicted octanol–water partition coefficient (Wildman–Crippen LogP) is 3.35. The molecule has 0 aliphatic carbocycles. The van der Waals surface area contributed by atoms with Crippen molar-refractivity contribution in [1.82, 2.24) is 9.80 Å². The number of ether oxygens (including phenoxy) is 1. The topological polar surface area (TPSA) is 71.1 Å². The summed E-state index contributed by atoms with van der Waals surface area (Å²) in [6.45, 7) is 5.69. The monoisotopic (exact) mass is 409 g/mol. The molecule has 1 fully saturated rings. The summed E-state index contributed by atoms with van der Waals surface area (Å²) in [5, 5.41) is 2.99. The molecule has 3 heterocycles. The first kappa shape index (κ1) is 20.4. The smallest absolute Gasteiger partial charge is 0.238 e. The standard InChI is InChI=1S/C23H27N3O4/c27-23(18-26(16-21-3-1-11-29-21)17-22-4-2-12-30-22)24-20-7-5-19(6-8-20)15-25-9-13-28-14-10-25/h1-8,11-12H,9-10,13-18H2,(H,24,27). The number of amides is 1. The third-order valence-corrected chi connectivity index (χ3v) is 5.03. The number of benzene rings is 1. The van der Waals surface area contributed by atoms with Crippen LogP contribution in [-0.4, -0.2) is 48.6 Å². The summed E-state index contributed by atoms with van der Waals surface area (Å²) in [5.41, 5.74) is 2.02. The van der Waals surface area contributed by atoms with Gasteiger partial charge in [0.2, 0.25) is 5.91 Å². The van der Waals surface area contributed by atoms with Gasteiger partial charge in [-0.05, 0) is 42.0 Å². The van der Waals surface area contributed by atoms with E-state index < -0.39 is 0 Å². The van der Waals surface area contributed by atoms with Crippen LogP contribution in [0.25, 0.3) is 0 Å². The van der Waals surface area contributed by atoms with Gasteiger partial charge in [-0.15, -0.1) is 0 Å². The van der Waals surface area contributed by atoms with E-state index in [1.165, 1.54) is 5.56 Å². The van der Waals surface area contributed by atoms with Crippen LogP contribution in [0.4, 0.5) is 5.69 Å². The number of carbonyl (C=O) groups excluding carboxylic acids is 1. The zero-order chi connectivity index (χ0) is 20.6. The molecule has 4 rings (SSSR count). The van der Waals surface area contributed by atoms with Crippen LogP contribution in [0.3, 0.4) is 0 Å².